The molecule has 0 aliphatic rings. The summed E-state index contributed by atoms with van der Waals surface area (Å²) in [5, 5.41) is 3.14. The van der Waals surface area contributed by atoms with Crippen molar-refractivity contribution in [1.82, 2.24) is 5.32 Å². The Bertz CT molecular complexity index is 117. The van der Waals surface area contributed by atoms with Gasteiger partial charge in [-0.05, 0) is 39.3 Å². The summed E-state index contributed by atoms with van der Waals surface area (Å²) in [6.07, 6.45) is 10.1. The first kappa shape index (κ1) is 16.9. The molecule has 0 aromatic heterocycles. The molecule has 0 aromatic carbocycles. The molecule has 3 heteroatoms. The molecule has 0 atom stereocenters. The van der Waals surface area contributed by atoms with Crippen LogP contribution in [-0.4, -0.2) is 40.5 Å². The zero-order chi connectivity index (χ0) is 12.6. The molecule has 104 valence electrons. The Labute approximate surface area is 107 Å². The quantitative estimate of drug-likeness (QED) is 0.477. The highest BCUT2D eigenvalue weighted by Gasteiger charge is 1.92. The first-order valence-electron chi connectivity index (χ1n) is 7.13. The molecule has 0 bridgehead atoms. The van der Waals surface area contributed by atoms with E-state index in [0.717, 1.165) is 26.4 Å². The lowest BCUT2D eigenvalue weighted by Crippen LogP contribution is -2.08. The molecular formula is C14H31NO2. The van der Waals surface area contributed by atoms with Crippen LogP contribution in [-0.2, 0) is 9.47 Å². The largest absolute Gasteiger partial charge is 0.385 e. The highest BCUT2D eigenvalue weighted by Crippen LogP contribution is 2.05. The van der Waals surface area contributed by atoms with Gasteiger partial charge in [-0.1, -0.05) is 25.7 Å². The van der Waals surface area contributed by atoms with Crippen molar-refractivity contribution in [1.29, 1.82) is 0 Å². The standard InChI is InChI=1S/C14H31NO2/c1-15-11-7-10-14-17-13-9-6-4-3-5-8-12-16-2/h15H,3-14H2,1-2H3. The summed E-state index contributed by atoms with van der Waals surface area (Å²) in [6.45, 7) is 3.88. The fourth-order valence-corrected chi connectivity index (χ4v) is 1.77. The van der Waals surface area contributed by atoms with E-state index in [4.69, 9.17) is 9.47 Å². The third-order valence-electron chi connectivity index (χ3n) is 2.85. The van der Waals surface area contributed by atoms with Crippen molar-refractivity contribution in [2.75, 3.05) is 40.5 Å². The summed E-state index contributed by atoms with van der Waals surface area (Å²) in [4.78, 5) is 0. The van der Waals surface area contributed by atoms with Gasteiger partial charge in [0.15, 0.2) is 0 Å². The molecule has 1 N–H and O–H groups in total. The number of ether oxygens (including phenoxy) is 2. The zero-order valence-electron chi connectivity index (χ0n) is 11.8. The Morgan fingerprint density at radius 1 is 0.706 bits per heavy atom. The first-order valence-corrected chi connectivity index (χ1v) is 7.13. The van der Waals surface area contributed by atoms with Crippen molar-refractivity contribution in [2.24, 2.45) is 0 Å². The second kappa shape index (κ2) is 15.9. The van der Waals surface area contributed by atoms with E-state index < -0.39 is 0 Å². The van der Waals surface area contributed by atoms with Crippen LogP contribution in [0.4, 0.5) is 0 Å². The van der Waals surface area contributed by atoms with Crippen molar-refractivity contribution >= 4 is 0 Å². The second-order valence-corrected chi connectivity index (χ2v) is 4.54. The molecule has 0 amide bonds. The lowest BCUT2D eigenvalue weighted by molar-refractivity contribution is 0.126. The van der Waals surface area contributed by atoms with Crippen molar-refractivity contribution in [3.63, 3.8) is 0 Å². The lowest BCUT2D eigenvalue weighted by Gasteiger charge is -2.04. The second-order valence-electron chi connectivity index (χ2n) is 4.54. The van der Waals surface area contributed by atoms with Crippen LogP contribution in [0, 0.1) is 0 Å². The van der Waals surface area contributed by atoms with E-state index in [1.165, 1.54) is 51.4 Å². The van der Waals surface area contributed by atoms with Gasteiger partial charge in [-0.15, -0.1) is 0 Å². The molecule has 0 aromatic rings. The number of hydrogen-bond acceptors (Lipinski definition) is 3. The zero-order valence-corrected chi connectivity index (χ0v) is 11.8. The summed E-state index contributed by atoms with van der Waals surface area (Å²) >= 11 is 0. The van der Waals surface area contributed by atoms with Gasteiger partial charge in [0.05, 0.1) is 0 Å². The molecule has 0 unspecified atom stereocenters. The molecule has 0 fully saturated rings. The van der Waals surface area contributed by atoms with E-state index >= 15 is 0 Å². The number of unbranched alkanes of at least 4 members (excludes halogenated alkanes) is 6. The Hall–Kier alpha value is -0.120. The van der Waals surface area contributed by atoms with E-state index in [9.17, 15) is 0 Å². The van der Waals surface area contributed by atoms with Gasteiger partial charge in [0.1, 0.15) is 0 Å². The van der Waals surface area contributed by atoms with E-state index in [0.29, 0.717) is 0 Å². The number of nitrogens with one attached hydrogen (secondary N) is 1. The topological polar surface area (TPSA) is 30.5 Å². The van der Waals surface area contributed by atoms with Gasteiger partial charge in [-0.3, -0.25) is 0 Å². The van der Waals surface area contributed by atoms with Crippen LogP contribution < -0.4 is 5.32 Å². The molecule has 0 radical (unpaired) electrons. The Kier molecular flexibility index (Phi) is 15.8. The smallest absolute Gasteiger partial charge is 0.0466 e. The molecule has 17 heavy (non-hydrogen) atoms. The SMILES string of the molecule is CNCCCCOCCCCCCCCOC. The lowest BCUT2D eigenvalue weighted by atomic mass is 10.1. The summed E-state index contributed by atoms with van der Waals surface area (Å²) in [6, 6.07) is 0. The summed E-state index contributed by atoms with van der Waals surface area (Å²) in [5.74, 6) is 0. The van der Waals surface area contributed by atoms with Crippen molar-refractivity contribution in [3.8, 4) is 0 Å². The Morgan fingerprint density at radius 2 is 1.24 bits per heavy atom. The van der Waals surface area contributed by atoms with Crippen LogP contribution in [0.15, 0.2) is 0 Å². The van der Waals surface area contributed by atoms with Gasteiger partial charge in [-0.2, -0.15) is 0 Å². The van der Waals surface area contributed by atoms with Crippen molar-refractivity contribution in [3.05, 3.63) is 0 Å². The van der Waals surface area contributed by atoms with Gasteiger partial charge in [-0.25, -0.2) is 0 Å². The Morgan fingerprint density at radius 3 is 1.82 bits per heavy atom. The van der Waals surface area contributed by atoms with Crippen LogP contribution in [0.1, 0.15) is 51.4 Å². The van der Waals surface area contributed by atoms with E-state index in [-0.39, 0.29) is 0 Å². The van der Waals surface area contributed by atoms with Crippen LogP contribution in [0.5, 0.6) is 0 Å². The monoisotopic (exact) mass is 245 g/mol. The third-order valence-corrected chi connectivity index (χ3v) is 2.85. The molecule has 0 saturated carbocycles. The maximum Gasteiger partial charge on any atom is 0.0466 e. The van der Waals surface area contributed by atoms with Crippen molar-refractivity contribution in [2.45, 2.75) is 51.4 Å². The molecule has 3 nitrogen and oxygen atoms in total. The predicted octanol–water partition coefficient (Wildman–Crippen LogP) is 2.99. The van der Waals surface area contributed by atoms with Gasteiger partial charge in [0.2, 0.25) is 0 Å². The fraction of sp³-hybridized carbons (Fsp3) is 1.00. The van der Waals surface area contributed by atoms with Crippen LogP contribution in [0.2, 0.25) is 0 Å². The van der Waals surface area contributed by atoms with Gasteiger partial charge in [0, 0.05) is 26.9 Å². The minimum Gasteiger partial charge on any atom is -0.385 e. The molecular weight excluding hydrogens is 214 g/mol. The molecule has 0 saturated heterocycles. The molecule has 0 spiro atoms. The van der Waals surface area contributed by atoms with Crippen LogP contribution in [0.3, 0.4) is 0 Å². The first-order chi connectivity index (χ1) is 8.41. The van der Waals surface area contributed by atoms with E-state index in [1.54, 1.807) is 7.11 Å². The van der Waals surface area contributed by atoms with Crippen molar-refractivity contribution < 1.29 is 9.47 Å². The summed E-state index contributed by atoms with van der Waals surface area (Å²) < 4.78 is 10.6. The molecule has 0 aliphatic carbocycles. The average molecular weight is 245 g/mol. The highest BCUT2D eigenvalue weighted by molar-refractivity contribution is 4.46. The minimum absolute atomic E-state index is 0.912. The summed E-state index contributed by atoms with van der Waals surface area (Å²) in [5.41, 5.74) is 0. The van der Waals surface area contributed by atoms with E-state index in [2.05, 4.69) is 5.32 Å². The molecule has 0 aliphatic heterocycles. The average Bonchev–Trinajstić information content (AvgIpc) is 2.35. The number of rotatable bonds is 14. The predicted molar refractivity (Wildman–Crippen MR) is 73.6 cm³/mol. The highest BCUT2D eigenvalue weighted by atomic mass is 16.5. The van der Waals surface area contributed by atoms with Gasteiger partial charge in [0.25, 0.3) is 0 Å². The van der Waals surface area contributed by atoms with Gasteiger partial charge >= 0.3 is 0 Å². The molecule has 0 heterocycles. The maximum atomic E-state index is 5.58. The summed E-state index contributed by atoms with van der Waals surface area (Å²) in [7, 11) is 3.77. The van der Waals surface area contributed by atoms with E-state index in [1.807, 2.05) is 7.05 Å². The Balaban J connectivity index is 2.85. The van der Waals surface area contributed by atoms with Gasteiger partial charge < -0.3 is 14.8 Å². The number of methoxy groups -OCH3 is 1. The normalized spacial score (nSPS) is 10.9. The molecule has 0 rings (SSSR count). The number of hydrogen-bond donors (Lipinski definition) is 1. The maximum absolute atomic E-state index is 5.58. The van der Waals surface area contributed by atoms with Crippen LogP contribution in [0.25, 0.3) is 0 Å². The fourth-order valence-electron chi connectivity index (χ4n) is 1.77. The van der Waals surface area contributed by atoms with Crippen LogP contribution >= 0.6 is 0 Å². The third kappa shape index (κ3) is 15.9. The minimum atomic E-state index is 0.912.